The maximum atomic E-state index is 8.23. The topological polar surface area (TPSA) is 35.8 Å². The first-order valence-corrected chi connectivity index (χ1v) is 3.72. The van der Waals surface area contributed by atoms with E-state index in [0.717, 1.165) is 13.0 Å². The second-order valence-corrected chi connectivity index (χ2v) is 2.96. The Hall–Kier alpha value is -0.990. The fourth-order valence-corrected chi connectivity index (χ4v) is 0.619. The number of rotatable bonds is 4. The Labute approximate surface area is 68.6 Å². The lowest BCUT2D eigenvalue weighted by atomic mass is 10.1. The van der Waals surface area contributed by atoms with Crippen molar-refractivity contribution in [3.8, 4) is 18.4 Å². The molecule has 0 spiro atoms. The van der Waals surface area contributed by atoms with E-state index in [1.807, 2.05) is 13.8 Å². The molecular weight excluding hydrogens is 136 g/mol. The van der Waals surface area contributed by atoms with Gasteiger partial charge in [-0.15, -0.1) is 6.42 Å². The summed E-state index contributed by atoms with van der Waals surface area (Å²) in [5.74, 6) is 2.62. The second kappa shape index (κ2) is 4.77. The monoisotopic (exact) mass is 150 g/mol. The molecule has 2 nitrogen and oxygen atoms in total. The van der Waals surface area contributed by atoms with E-state index in [1.165, 1.54) is 0 Å². The maximum absolute atomic E-state index is 8.23. The molecule has 0 saturated carbocycles. The minimum atomic E-state index is -0.241. The molecule has 0 aliphatic rings. The molecule has 60 valence electrons. The van der Waals surface area contributed by atoms with Crippen LogP contribution in [-0.4, -0.2) is 12.1 Å². The van der Waals surface area contributed by atoms with E-state index in [4.69, 9.17) is 11.7 Å². The Bertz CT molecular complexity index is 181. The second-order valence-electron chi connectivity index (χ2n) is 2.96. The lowest BCUT2D eigenvalue weighted by Gasteiger charge is -2.18. The highest BCUT2D eigenvalue weighted by molar-refractivity contribution is 5.07. The Morgan fingerprint density at radius 3 is 2.64 bits per heavy atom. The van der Waals surface area contributed by atoms with Crippen molar-refractivity contribution in [1.82, 2.24) is 5.32 Å². The Kier molecular flexibility index (Phi) is 4.34. The molecule has 2 heteroatoms. The molecule has 0 amide bonds. The quantitative estimate of drug-likeness (QED) is 0.484. The molecule has 0 bridgehead atoms. The lowest BCUT2D eigenvalue weighted by Crippen LogP contribution is -2.38. The van der Waals surface area contributed by atoms with Crippen LogP contribution in [0.5, 0.6) is 0 Å². The highest BCUT2D eigenvalue weighted by atomic mass is 14.9. The highest BCUT2D eigenvalue weighted by Gasteiger charge is 2.10. The molecule has 0 unspecified atom stereocenters. The van der Waals surface area contributed by atoms with E-state index in [1.54, 1.807) is 0 Å². The van der Waals surface area contributed by atoms with Crippen LogP contribution in [0.3, 0.4) is 0 Å². The van der Waals surface area contributed by atoms with Crippen molar-refractivity contribution in [1.29, 1.82) is 5.26 Å². The van der Waals surface area contributed by atoms with Crippen LogP contribution in [0.1, 0.15) is 26.7 Å². The number of nitrogens with zero attached hydrogens (tertiary/aromatic N) is 1. The third-order valence-corrected chi connectivity index (χ3v) is 1.39. The van der Waals surface area contributed by atoms with Crippen LogP contribution in [0, 0.1) is 23.7 Å². The van der Waals surface area contributed by atoms with Crippen LogP contribution in [0.4, 0.5) is 0 Å². The summed E-state index contributed by atoms with van der Waals surface area (Å²) in [7, 11) is 0. The average Bonchev–Trinajstić information content (AvgIpc) is 1.99. The number of unbranched alkanes of at least 4 members (excludes halogenated alkanes) is 1. The molecule has 11 heavy (non-hydrogen) atoms. The number of nitriles is 1. The molecule has 0 heterocycles. The van der Waals surface area contributed by atoms with Gasteiger partial charge in [-0.05, 0) is 26.8 Å². The van der Waals surface area contributed by atoms with Crippen LogP contribution in [-0.2, 0) is 0 Å². The minimum Gasteiger partial charge on any atom is -0.302 e. The van der Waals surface area contributed by atoms with E-state index in [-0.39, 0.29) is 5.54 Å². The zero-order valence-electron chi connectivity index (χ0n) is 7.15. The predicted molar refractivity (Wildman–Crippen MR) is 45.8 cm³/mol. The molecular formula is C9H14N2. The van der Waals surface area contributed by atoms with Crippen LogP contribution in [0.15, 0.2) is 0 Å². The van der Waals surface area contributed by atoms with Crippen molar-refractivity contribution < 1.29 is 0 Å². The molecule has 0 aromatic carbocycles. The number of terminal acetylenes is 1. The highest BCUT2D eigenvalue weighted by Crippen LogP contribution is 1.98. The fourth-order valence-electron chi connectivity index (χ4n) is 0.619. The Morgan fingerprint density at radius 2 is 2.18 bits per heavy atom. The van der Waals surface area contributed by atoms with Gasteiger partial charge >= 0.3 is 0 Å². The zero-order valence-corrected chi connectivity index (χ0v) is 7.15. The third-order valence-electron chi connectivity index (χ3n) is 1.39. The van der Waals surface area contributed by atoms with Gasteiger partial charge in [-0.2, -0.15) is 5.26 Å². The van der Waals surface area contributed by atoms with Gasteiger partial charge in [0.05, 0.1) is 11.6 Å². The van der Waals surface area contributed by atoms with Gasteiger partial charge in [0.2, 0.25) is 0 Å². The van der Waals surface area contributed by atoms with Gasteiger partial charge in [0, 0.05) is 6.42 Å². The number of hydrogen-bond acceptors (Lipinski definition) is 2. The van der Waals surface area contributed by atoms with Crippen LogP contribution in [0.2, 0.25) is 0 Å². The van der Waals surface area contributed by atoms with Gasteiger partial charge in [-0.3, -0.25) is 0 Å². The molecule has 0 aromatic rings. The van der Waals surface area contributed by atoms with Crippen molar-refractivity contribution in [2.75, 3.05) is 6.54 Å². The number of nitrogens with one attached hydrogen (secondary N) is 1. The SMILES string of the molecule is C#CC(C)(C)NCCCC#N. The summed E-state index contributed by atoms with van der Waals surface area (Å²) < 4.78 is 0. The van der Waals surface area contributed by atoms with E-state index in [2.05, 4.69) is 17.3 Å². The first-order chi connectivity index (χ1) is 5.12. The smallest absolute Gasteiger partial charge is 0.0741 e. The summed E-state index contributed by atoms with van der Waals surface area (Å²) in [5, 5.41) is 11.4. The van der Waals surface area contributed by atoms with Crippen LogP contribution in [0.25, 0.3) is 0 Å². The predicted octanol–water partition coefficient (Wildman–Crippen LogP) is 1.29. The van der Waals surface area contributed by atoms with Crippen molar-refractivity contribution in [3.63, 3.8) is 0 Å². The molecule has 0 aromatic heterocycles. The molecule has 0 aliphatic heterocycles. The summed E-state index contributed by atoms with van der Waals surface area (Å²) in [6.07, 6.45) is 6.70. The van der Waals surface area contributed by atoms with E-state index in [0.29, 0.717) is 6.42 Å². The normalized spacial score (nSPS) is 10.2. The summed E-state index contributed by atoms with van der Waals surface area (Å²) >= 11 is 0. The third kappa shape index (κ3) is 5.45. The van der Waals surface area contributed by atoms with Crippen molar-refractivity contribution >= 4 is 0 Å². The summed E-state index contributed by atoms with van der Waals surface area (Å²) in [5.41, 5.74) is -0.241. The largest absolute Gasteiger partial charge is 0.302 e. The van der Waals surface area contributed by atoms with Gasteiger partial charge in [0.15, 0.2) is 0 Å². The average molecular weight is 150 g/mol. The van der Waals surface area contributed by atoms with Gasteiger partial charge in [-0.25, -0.2) is 0 Å². The Morgan fingerprint density at radius 1 is 1.55 bits per heavy atom. The molecule has 0 rings (SSSR count). The van der Waals surface area contributed by atoms with Crippen molar-refractivity contribution in [2.24, 2.45) is 0 Å². The van der Waals surface area contributed by atoms with Gasteiger partial charge in [0.25, 0.3) is 0 Å². The maximum Gasteiger partial charge on any atom is 0.0741 e. The minimum absolute atomic E-state index is 0.241. The first-order valence-electron chi connectivity index (χ1n) is 3.72. The van der Waals surface area contributed by atoms with Gasteiger partial charge < -0.3 is 5.32 Å². The van der Waals surface area contributed by atoms with E-state index in [9.17, 15) is 0 Å². The Balaban J connectivity index is 3.42. The standard InChI is InChI=1S/C9H14N2/c1-4-9(2,3)11-8-6-5-7-10/h1,11H,5-6,8H2,2-3H3. The van der Waals surface area contributed by atoms with Crippen LogP contribution < -0.4 is 5.32 Å². The zero-order chi connectivity index (χ0) is 8.74. The van der Waals surface area contributed by atoms with Crippen molar-refractivity contribution in [3.05, 3.63) is 0 Å². The molecule has 0 saturated heterocycles. The van der Waals surface area contributed by atoms with Gasteiger partial charge in [-0.1, -0.05) is 5.92 Å². The summed E-state index contributed by atoms with van der Waals surface area (Å²) in [6, 6.07) is 2.08. The number of hydrogen-bond donors (Lipinski definition) is 1. The van der Waals surface area contributed by atoms with E-state index < -0.39 is 0 Å². The summed E-state index contributed by atoms with van der Waals surface area (Å²) in [6.45, 7) is 4.70. The first kappa shape index (κ1) is 10.0. The fraction of sp³-hybridized carbons (Fsp3) is 0.667. The van der Waals surface area contributed by atoms with Gasteiger partial charge in [0.1, 0.15) is 0 Å². The molecule has 0 fully saturated rings. The molecule has 0 atom stereocenters. The molecule has 0 aliphatic carbocycles. The van der Waals surface area contributed by atoms with E-state index >= 15 is 0 Å². The molecule has 0 radical (unpaired) electrons. The van der Waals surface area contributed by atoms with Crippen LogP contribution >= 0.6 is 0 Å². The molecule has 1 N–H and O–H groups in total. The summed E-state index contributed by atoms with van der Waals surface area (Å²) in [4.78, 5) is 0. The van der Waals surface area contributed by atoms with Crippen molar-refractivity contribution in [2.45, 2.75) is 32.2 Å². The lowest BCUT2D eigenvalue weighted by molar-refractivity contribution is 0.486.